The number of carboxylic acid groups (broad SMARTS) is 1. The molecule has 0 radical (unpaired) electrons. The van der Waals surface area contributed by atoms with Crippen molar-refractivity contribution in [1.29, 1.82) is 0 Å². The van der Waals surface area contributed by atoms with Crippen LogP contribution in [0.2, 0.25) is 0 Å². The van der Waals surface area contributed by atoms with Gasteiger partial charge in [0.25, 0.3) is 0 Å². The maximum absolute atomic E-state index is 12.0. The zero-order valence-electron chi connectivity index (χ0n) is 11.6. The second kappa shape index (κ2) is 6.04. The maximum Gasteiger partial charge on any atom is 0.309 e. The van der Waals surface area contributed by atoms with E-state index in [0.29, 0.717) is 25.9 Å². The molecule has 0 aliphatic carbocycles. The molecule has 1 fully saturated rings. The smallest absolute Gasteiger partial charge is 0.309 e. The first-order valence-electron chi connectivity index (χ1n) is 6.37. The molecule has 0 saturated carbocycles. The molecule has 0 aromatic rings. The van der Waals surface area contributed by atoms with E-state index in [9.17, 15) is 14.4 Å². The molecule has 0 aromatic heterocycles. The average Bonchev–Trinajstić information content (AvgIpc) is 2.37. The van der Waals surface area contributed by atoms with Crippen molar-refractivity contribution in [2.24, 2.45) is 11.3 Å². The van der Waals surface area contributed by atoms with E-state index in [4.69, 9.17) is 5.11 Å². The van der Waals surface area contributed by atoms with Crippen LogP contribution in [0.4, 0.5) is 0 Å². The van der Waals surface area contributed by atoms with Crippen LogP contribution in [0.15, 0.2) is 0 Å². The van der Waals surface area contributed by atoms with Gasteiger partial charge in [-0.15, -0.1) is 0 Å². The minimum Gasteiger partial charge on any atom is -0.481 e. The minimum atomic E-state index is -1.06. The van der Waals surface area contributed by atoms with E-state index < -0.39 is 11.4 Å². The van der Waals surface area contributed by atoms with Crippen molar-refractivity contribution in [2.75, 3.05) is 20.2 Å². The Kier molecular flexibility index (Phi) is 4.91. The first-order chi connectivity index (χ1) is 8.77. The molecule has 1 amide bonds. The Morgan fingerprint density at radius 1 is 1.26 bits per heavy atom. The molecular weight excluding hydrogens is 250 g/mol. The van der Waals surface area contributed by atoms with Crippen molar-refractivity contribution in [2.45, 2.75) is 33.1 Å². The van der Waals surface area contributed by atoms with Crippen LogP contribution in [0.5, 0.6) is 0 Å². The van der Waals surface area contributed by atoms with E-state index in [1.807, 2.05) is 0 Å². The number of piperidine rings is 1. The monoisotopic (exact) mass is 271 g/mol. The van der Waals surface area contributed by atoms with Crippen LogP contribution in [-0.4, -0.2) is 48.1 Å². The summed E-state index contributed by atoms with van der Waals surface area (Å²) in [6.45, 7) is 4.03. The lowest BCUT2D eigenvalue weighted by molar-refractivity contribution is -0.153. The number of ether oxygens (including phenoxy) is 1. The number of carboxylic acids is 1. The summed E-state index contributed by atoms with van der Waals surface area (Å²) in [7, 11) is 1.36. The van der Waals surface area contributed by atoms with Crippen LogP contribution < -0.4 is 0 Å². The number of methoxy groups -OCH3 is 1. The van der Waals surface area contributed by atoms with Crippen molar-refractivity contribution in [3.05, 3.63) is 0 Å². The van der Waals surface area contributed by atoms with Gasteiger partial charge < -0.3 is 14.7 Å². The van der Waals surface area contributed by atoms with Crippen molar-refractivity contribution in [3.63, 3.8) is 0 Å². The third-order valence-corrected chi connectivity index (χ3v) is 3.55. The Hall–Kier alpha value is -1.59. The van der Waals surface area contributed by atoms with Crippen molar-refractivity contribution in [3.8, 4) is 0 Å². The summed E-state index contributed by atoms with van der Waals surface area (Å²) in [5.74, 6) is -1.54. The standard InChI is InChI=1S/C13H21NO5/c1-13(2,12(17)18)8-10(15)14-6-4-9(5-7-14)11(16)19-3/h9H,4-8H2,1-3H3,(H,17,18). The van der Waals surface area contributed by atoms with Gasteiger partial charge in [-0.3, -0.25) is 14.4 Å². The van der Waals surface area contributed by atoms with Gasteiger partial charge in [0.2, 0.25) is 5.91 Å². The van der Waals surface area contributed by atoms with Crippen molar-refractivity contribution >= 4 is 17.8 Å². The van der Waals surface area contributed by atoms with E-state index in [1.165, 1.54) is 21.0 Å². The normalized spacial score (nSPS) is 17.1. The average molecular weight is 271 g/mol. The number of esters is 1. The highest BCUT2D eigenvalue weighted by Gasteiger charge is 2.34. The molecule has 108 valence electrons. The first-order valence-corrected chi connectivity index (χ1v) is 6.37. The molecule has 1 aliphatic rings. The van der Waals surface area contributed by atoms with E-state index in [2.05, 4.69) is 4.74 Å². The van der Waals surface area contributed by atoms with Crippen LogP contribution >= 0.6 is 0 Å². The second-order valence-corrected chi connectivity index (χ2v) is 5.54. The lowest BCUT2D eigenvalue weighted by Crippen LogP contribution is -2.43. The molecule has 0 spiro atoms. The molecule has 19 heavy (non-hydrogen) atoms. The molecule has 1 heterocycles. The molecule has 1 rings (SSSR count). The third-order valence-electron chi connectivity index (χ3n) is 3.55. The predicted molar refractivity (Wildman–Crippen MR) is 67.4 cm³/mol. The third kappa shape index (κ3) is 3.94. The molecular formula is C13H21NO5. The van der Waals surface area contributed by atoms with Gasteiger partial charge in [0.05, 0.1) is 18.4 Å². The molecule has 1 saturated heterocycles. The summed E-state index contributed by atoms with van der Waals surface area (Å²) in [5.41, 5.74) is -1.06. The van der Waals surface area contributed by atoms with Crippen LogP contribution in [0.25, 0.3) is 0 Å². The highest BCUT2D eigenvalue weighted by atomic mass is 16.5. The Labute approximate surface area is 112 Å². The Morgan fingerprint density at radius 2 is 1.79 bits per heavy atom. The SMILES string of the molecule is COC(=O)C1CCN(C(=O)CC(C)(C)C(=O)O)CC1. The Balaban J connectivity index is 2.50. The second-order valence-electron chi connectivity index (χ2n) is 5.54. The van der Waals surface area contributed by atoms with Gasteiger partial charge >= 0.3 is 11.9 Å². The van der Waals surface area contributed by atoms with E-state index in [-0.39, 0.29) is 24.2 Å². The zero-order valence-corrected chi connectivity index (χ0v) is 11.6. The summed E-state index contributed by atoms with van der Waals surface area (Å²) in [6.07, 6.45) is 1.13. The van der Waals surface area contributed by atoms with Gasteiger partial charge in [-0.2, -0.15) is 0 Å². The van der Waals surface area contributed by atoms with E-state index >= 15 is 0 Å². The van der Waals surface area contributed by atoms with Gasteiger partial charge in [0.15, 0.2) is 0 Å². The summed E-state index contributed by atoms with van der Waals surface area (Å²) in [6, 6.07) is 0. The Morgan fingerprint density at radius 3 is 2.21 bits per heavy atom. The number of amides is 1. The summed E-state index contributed by atoms with van der Waals surface area (Å²) in [5, 5.41) is 9.00. The van der Waals surface area contributed by atoms with Gasteiger partial charge in [-0.25, -0.2) is 0 Å². The van der Waals surface area contributed by atoms with Crippen LogP contribution in [0.1, 0.15) is 33.1 Å². The largest absolute Gasteiger partial charge is 0.481 e. The molecule has 6 heteroatoms. The highest BCUT2D eigenvalue weighted by Crippen LogP contribution is 2.24. The number of aliphatic carboxylic acids is 1. The lowest BCUT2D eigenvalue weighted by atomic mass is 9.88. The molecule has 1 aliphatic heterocycles. The fourth-order valence-electron chi connectivity index (χ4n) is 2.10. The van der Waals surface area contributed by atoms with Gasteiger partial charge in [0.1, 0.15) is 0 Å². The summed E-state index contributed by atoms with van der Waals surface area (Å²) in [4.78, 5) is 36.0. The number of rotatable bonds is 4. The fourth-order valence-corrected chi connectivity index (χ4v) is 2.10. The van der Waals surface area contributed by atoms with Gasteiger partial charge in [-0.05, 0) is 26.7 Å². The summed E-state index contributed by atoms with van der Waals surface area (Å²) < 4.78 is 4.68. The number of hydrogen-bond donors (Lipinski definition) is 1. The van der Waals surface area contributed by atoms with Gasteiger partial charge in [-0.1, -0.05) is 0 Å². The number of hydrogen-bond acceptors (Lipinski definition) is 4. The quantitative estimate of drug-likeness (QED) is 0.768. The fraction of sp³-hybridized carbons (Fsp3) is 0.769. The molecule has 0 atom stereocenters. The first kappa shape index (κ1) is 15.5. The number of carbonyl (C=O) groups excluding carboxylic acids is 2. The molecule has 1 N–H and O–H groups in total. The molecule has 0 bridgehead atoms. The predicted octanol–water partition coefficient (Wildman–Crippen LogP) is 0.899. The number of likely N-dealkylation sites (tertiary alicyclic amines) is 1. The van der Waals surface area contributed by atoms with E-state index in [1.54, 1.807) is 4.90 Å². The van der Waals surface area contributed by atoms with E-state index in [0.717, 1.165) is 0 Å². The maximum atomic E-state index is 12.0. The topological polar surface area (TPSA) is 83.9 Å². The number of carbonyl (C=O) groups is 3. The molecule has 0 aromatic carbocycles. The van der Waals surface area contributed by atoms with Crippen LogP contribution in [0, 0.1) is 11.3 Å². The van der Waals surface area contributed by atoms with Crippen LogP contribution in [0.3, 0.4) is 0 Å². The Bertz CT molecular complexity index is 369. The lowest BCUT2D eigenvalue weighted by Gasteiger charge is -2.32. The van der Waals surface area contributed by atoms with Crippen molar-refractivity contribution < 1.29 is 24.2 Å². The van der Waals surface area contributed by atoms with Crippen molar-refractivity contribution in [1.82, 2.24) is 4.90 Å². The zero-order chi connectivity index (χ0) is 14.6. The molecule has 6 nitrogen and oxygen atoms in total. The molecule has 0 unspecified atom stereocenters. The van der Waals surface area contributed by atoms with Gasteiger partial charge in [0, 0.05) is 19.5 Å². The minimum absolute atomic E-state index is 0.0226. The number of nitrogens with zero attached hydrogens (tertiary/aromatic N) is 1. The summed E-state index contributed by atoms with van der Waals surface area (Å²) >= 11 is 0. The van der Waals surface area contributed by atoms with Crippen LogP contribution in [-0.2, 0) is 19.1 Å². The highest BCUT2D eigenvalue weighted by molar-refractivity contribution is 5.84.